The number of carbonyl (C=O) groups is 2. The highest BCUT2D eigenvalue weighted by atomic mass is 35.5. The molecule has 0 radical (unpaired) electrons. The third-order valence-electron chi connectivity index (χ3n) is 6.72. The molecule has 220 valence electrons. The van der Waals surface area contributed by atoms with E-state index in [1.807, 2.05) is 47.6 Å². The van der Waals surface area contributed by atoms with Gasteiger partial charge in [0, 0.05) is 27.7 Å². The molecule has 0 aromatic heterocycles. The quantitative estimate of drug-likeness (QED) is 0.299. The zero-order valence-corrected chi connectivity index (χ0v) is 26.8. The summed E-state index contributed by atoms with van der Waals surface area (Å²) in [6.45, 7) is 12.1. The van der Waals surface area contributed by atoms with Crippen molar-refractivity contribution in [3.63, 3.8) is 0 Å². The number of nitrogens with one attached hydrogen (secondary N) is 1. The fourth-order valence-corrected chi connectivity index (χ4v) is 6.08. The van der Waals surface area contributed by atoms with Gasteiger partial charge in [0.25, 0.3) is 10.0 Å². The number of hydrogen-bond acceptors (Lipinski definition) is 4. The number of rotatable bonds is 9. The number of amides is 2. The van der Waals surface area contributed by atoms with Gasteiger partial charge in [-0.15, -0.1) is 0 Å². The van der Waals surface area contributed by atoms with Crippen LogP contribution >= 0.6 is 23.2 Å². The molecule has 0 fully saturated rings. The van der Waals surface area contributed by atoms with Crippen molar-refractivity contribution in [2.24, 2.45) is 0 Å². The Hall–Kier alpha value is -3.07. The first-order valence-electron chi connectivity index (χ1n) is 13.2. The highest BCUT2D eigenvalue weighted by Gasteiger charge is 2.34. The summed E-state index contributed by atoms with van der Waals surface area (Å²) in [6, 6.07) is 15.7. The number of halogens is 2. The lowest BCUT2D eigenvalue weighted by Crippen LogP contribution is -2.54. The molecule has 0 aliphatic rings. The molecule has 3 aromatic rings. The summed E-state index contributed by atoms with van der Waals surface area (Å²) in [6.07, 6.45) is 0. The maximum Gasteiger partial charge on any atom is 0.264 e. The molecule has 0 heterocycles. The Morgan fingerprint density at radius 1 is 0.902 bits per heavy atom. The van der Waals surface area contributed by atoms with E-state index in [9.17, 15) is 18.0 Å². The van der Waals surface area contributed by atoms with Gasteiger partial charge < -0.3 is 10.2 Å². The van der Waals surface area contributed by atoms with Crippen molar-refractivity contribution in [2.75, 3.05) is 10.8 Å². The Labute approximate surface area is 253 Å². The molecular weight excluding hydrogens is 581 g/mol. The lowest BCUT2D eigenvalue weighted by Gasteiger charge is -2.34. The van der Waals surface area contributed by atoms with Gasteiger partial charge in [0.05, 0.1) is 10.6 Å². The van der Waals surface area contributed by atoms with Gasteiger partial charge in [-0.3, -0.25) is 13.9 Å². The molecule has 0 aliphatic heterocycles. The molecule has 0 saturated heterocycles. The van der Waals surface area contributed by atoms with Gasteiger partial charge in [0.15, 0.2) is 0 Å². The van der Waals surface area contributed by atoms with E-state index in [2.05, 4.69) is 5.32 Å². The number of carbonyl (C=O) groups excluding carboxylic acids is 2. The van der Waals surface area contributed by atoms with Crippen LogP contribution in [0.15, 0.2) is 65.6 Å². The van der Waals surface area contributed by atoms with Crippen molar-refractivity contribution in [1.82, 2.24) is 10.2 Å². The summed E-state index contributed by atoms with van der Waals surface area (Å²) in [5.41, 5.74) is 3.00. The standard InChI is InChI=1S/C31H37Cl2N3O4S/c1-20-11-15-25(16-12-20)41(39,40)36(24-14-13-21(2)22(3)17-24)19-29(37)35(23(4)30(38)34-31(5,6)7)18-26-27(32)9-8-10-28(26)33/h8-17,23H,18-19H2,1-7H3,(H,34,38). The number of nitrogens with zero attached hydrogens (tertiary/aromatic N) is 2. The molecule has 1 unspecified atom stereocenters. The second-order valence-electron chi connectivity index (χ2n) is 11.2. The van der Waals surface area contributed by atoms with Crippen molar-refractivity contribution in [2.45, 2.75) is 71.5 Å². The molecule has 2 amide bonds. The fourth-order valence-electron chi connectivity index (χ4n) is 4.16. The van der Waals surface area contributed by atoms with Crippen LogP contribution in [0.25, 0.3) is 0 Å². The number of sulfonamides is 1. The van der Waals surface area contributed by atoms with Crippen LogP contribution in [0.1, 0.15) is 49.9 Å². The molecule has 0 bridgehead atoms. The molecule has 0 saturated carbocycles. The van der Waals surface area contributed by atoms with Gasteiger partial charge in [-0.1, -0.05) is 53.0 Å². The molecule has 1 N–H and O–H groups in total. The van der Waals surface area contributed by atoms with Crippen LogP contribution in [0, 0.1) is 20.8 Å². The van der Waals surface area contributed by atoms with Crippen LogP contribution in [0.4, 0.5) is 5.69 Å². The molecule has 0 aliphatic carbocycles. The minimum atomic E-state index is -4.16. The monoisotopic (exact) mass is 617 g/mol. The zero-order valence-electron chi connectivity index (χ0n) is 24.5. The predicted octanol–water partition coefficient (Wildman–Crippen LogP) is 6.45. The zero-order chi connectivity index (χ0) is 30.7. The van der Waals surface area contributed by atoms with E-state index in [-0.39, 0.29) is 11.4 Å². The van der Waals surface area contributed by atoms with Gasteiger partial charge in [0.1, 0.15) is 12.6 Å². The maximum atomic E-state index is 14.1. The first kappa shape index (κ1) is 32.4. The van der Waals surface area contributed by atoms with Crippen molar-refractivity contribution in [3.8, 4) is 0 Å². The molecule has 0 spiro atoms. The summed E-state index contributed by atoms with van der Waals surface area (Å²) in [5, 5.41) is 3.56. The molecule has 7 nitrogen and oxygen atoms in total. The highest BCUT2D eigenvalue weighted by Crippen LogP contribution is 2.29. The second kappa shape index (κ2) is 12.8. The number of aryl methyl sites for hydroxylation is 3. The average molecular weight is 619 g/mol. The Balaban J connectivity index is 2.10. The van der Waals surface area contributed by atoms with Crippen LogP contribution in [0.5, 0.6) is 0 Å². The van der Waals surface area contributed by atoms with E-state index in [1.165, 1.54) is 17.0 Å². The normalized spacial score (nSPS) is 12.5. The maximum absolute atomic E-state index is 14.1. The Morgan fingerprint density at radius 3 is 2.02 bits per heavy atom. The van der Waals surface area contributed by atoms with Crippen LogP contribution in [-0.2, 0) is 26.2 Å². The first-order valence-corrected chi connectivity index (χ1v) is 15.4. The largest absolute Gasteiger partial charge is 0.350 e. The van der Waals surface area contributed by atoms with E-state index in [1.54, 1.807) is 49.4 Å². The average Bonchev–Trinajstić information content (AvgIpc) is 2.87. The fraction of sp³-hybridized carbons (Fsp3) is 0.355. The second-order valence-corrected chi connectivity index (χ2v) is 13.9. The highest BCUT2D eigenvalue weighted by molar-refractivity contribution is 7.92. The van der Waals surface area contributed by atoms with Crippen LogP contribution < -0.4 is 9.62 Å². The van der Waals surface area contributed by atoms with Crippen molar-refractivity contribution < 1.29 is 18.0 Å². The smallest absolute Gasteiger partial charge is 0.264 e. The van der Waals surface area contributed by atoms with E-state index < -0.39 is 40.0 Å². The van der Waals surface area contributed by atoms with Gasteiger partial charge in [-0.05, 0) is 96.0 Å². The van der Waals surface area contributed by atoms with Crippen LogP contribution in [0.2, 0.25) is 10.0 Å². The van der Waals surface area contributed by atoms with Gasteiger partial charge in [-0.25, -0.2) is 8.42 Å². The van der Waals surface area contributed by atoms with E-state index in [4.69, 9.17) is 23.2 Å². The number of benzene rings is 3. The SMILES string of the molecule is Cc1ccc(S(=O)(=O)N(CC(=O)N(Cc2c(Cl)cccc2Cl)C(C)C(=O)NC(C)(C)C)c2ccc(C)c(C)c2)cc1. The minimum absolute atomic E-state index is 0.0494. The topological polar surface area (TPSA) is 86.8 Å². The molecule has 1 atom stereocenters. The van der Waals surface area contributed by atoms with E-state index >= 15 is 0 Å². The van der Waals surface area contributed by atoms with Gasteiger partial charge >= 0.3 is 0 Å². The number of anilines is 1. The van der Waals surface area contributed by atoms with E-state index in [0.717, 1.165) is 21.0 Å². The van der Waals surface area contributed by atoms with Crippen molar-refractivity contribution >= 4 is 50.7 Å². The van der Waals surface area contributed by atoms with Crippen LogP contribution in [0.3, 0.4) is 0 Å². The molecule has 3 aromatic carbocycles. The van der Waals surface area contributed by atoms with Crippen LogP contribution in [-0.4, -0.2) is 43.3 Å². The molecule has 3 rings (SSSR count). The number of hydrogen-bond donors (Lipinski definition) is 1. The third-order valence-corrected chi connectivity index (χ3v) is 9.22. The lowest BCUT2D eigenvalue weighted by atomic mass is 10.1. The summed E-state index contributed by atoms with van der Waals surface area (Å²) in [4.78, 5) is 28.7. The summed E-state index contributed by atoms with van der Waals surface area (Å²) < 4.78 is 29.1. The minimum Gasteiger partial charge on any atom is -0.350 e. The summed E-state index contributed by atoms with van der Waals surface area (Å²) in [5.74, 6) is -0.986. The summed E-state index contributed by atoms with van der Waals surface area (Å²) in [7, 11) is -4.16. The summed E-state index contributed by atoms with van der Waals surface area (Å²) >= 11 is 12.9. The Morgan fingerprint density at radius 2 is 1.49 bits per heavy atom. The molecular formula is C31H37Cl2N3O4S. The van der Waals surface area contributed by atoms with Crippen molar-refractivity contribution in [1.29, 1.82) is 0 Å². The molecule has 10 heteroatoms. The first-order chi connectivity index (χ1) is 19.0. The lowest BCUT2D eigenvalue weighted by molar-refractivity contribution is -0.140. The Kier molecular flexibility index (Phi) is 10.2. The van der Waals surface area contributed by atoms with E-state index in [0.29, 0.717) is 21.3 Å². The molecule has 41 heavy (non-hydrogen) atoms. The Bertz CT molecular complexity index is 1510. The van der Waals surface area contributed by atoms with Gasteiger partial charge in [-0.2, -0.15) is 0 Å². The van der Waals surface area contributed by atoms with Gasteiger partial charge in [0.2, 0.25) is 11.8 Å². The predicted molar refractivity (Wildman–Crippen MR) is 166 cm³/mol. The third kappa shape index (κ3) is 8.03. The van der Waals surface area contributed by atoms with Crippen molar-refractivity contribution in [3.05, 3.63) is 93.0 Å².